The number of halogens is 3. The summed E-state index contributed by atoms with van der Waals surface area (Å²) in [5, 5.41) is 0. The first-order valence-electron chi connectivity index (χ1n) is 6.11. The van der Waals surface area contributed by atoms with Crippen LogP contribution in [-0.4, -0.2) is 21.5 Å². The molecule has 0 aliphatic heterocycles. The van der Waals surface area contributed by atoms with Gasteiger partial charge in [0.15, 0.2) is 17.5 Å². The van der Waals surface area contributed by atoms with Crippen LogP contribution in [0.2, 0.25) is 0 Å². The lowest BCUT2D eigenvalue weighted by atomic mass is 10.2. The van der Waals surface area contributed by atoms with E-state index in [2.05, 4.69) is 4.74 Å². The SMILES string of the molecule is COC(=O)c1cccc(S(=O)(=O)Nc2ccc(F)c(F)c2F)c1. The molecule has 122 valence electrons. The van der Waals surface area contributed by atoms with Crippen molar-refractivity contribution < 1.29 is 31.1 Å². The van der Waals surface area contributed by atoms with Gasteiger partial charge >= 0.3 is 5.97 Å². The van der Waals surface area contributed by atoms with Crippen molar-refractivity contribution in [2.45, 2.75) is 4.90 Å². The third-order valence-corrected chi connectivity index (χ3v) is 4.21. The number of benzene rings is 2. The predicted molar refractivity (Wildman–Crippen MR) is 74.9 cm³/mol. The second-order valence-electron chi connectivity index (χ2n) is 4.35. The molecular formula is C14H10F3NO4S. The molecule has 0 aliphatic rings. The zero-order valence-corrected chi connectivity index (χ0v) is 12.5. The fourth-order valence-electron chi connectivity index (χ4n) is 1.72. The van der Waals surface area contributed by atoms with Crippen molar-refractivity contribution in [3.05, 3.63) is 59.4 Å². The Bertz CT molecular complexity index is 868. The van der Waals surface area contributed by atoms with Gasteiger partial charge in [0.1, 0.15) is 0 Å². The van der Waals surface area contributed by atoms with Gasteiger partial charge in [-0.05, 0) is 30.3 Å². The topological polar surface area (TPSA) is 72.5 Å². The number of sulfonamides is 1. The second kappa shape index (κ2) is 6.29. The van der Waals surface area contributed by atoms with E-state index in [0.717, 1.165) is 25.3 Å². The van der Waals surface area contributed by atoms with Crippen LogP contribution in [0.15, 0.2) is 41.3 Å². The van der Waals surface area contributed by atoms with Gasteiger partial charge in [-0.1, -0.05) is 6.07 Å². The molecule has 0 bridgehead atoms. The second-order valence-corrected chi connectivity index (χ2v) is 6.03. The maximum Gasteiger partial charge on any atom is 0.337 e. The maximum atomic E-state index is 13.6. The molecule has 5 nitrogen and oxygen atoms in total. The van der Waals surface area contributed by atoms with E-state index < -0.39 is 39.1 Å². The average Bonchev–Trinajstić information content (AvgIpc) is 2.54. The minimum absolute atomic E-state index is 0.0406. The van der Waals surface area contributed by atoms with E-state index in [1.807, 2.05) is 0 Å². The van der Waals surface area contributed by atoms with Gasteiger partial charge < -0.3 is 4.74 Å². The number of ether oxygens (including phenoxy) is 1. The van der Waals surface area contributed by atoms with E-state index in [-0.39, 0.29) is 10.5 Å². The number of rotatable bonds is 4. The number of nitrogens with one attached hydrogen (secondary N) is 1. The first-order chi connectivity index (χ1) is 10.8. The van der Waals surface area contributed by atoms with Crippen molar-refractivity contribution in [1.29, 1.82) is 0 Å². The summed E-state index contributed by atoms with van der Waals surface area (Å²) in [6, 6.07) is 6.08. The van der Waals surface area contributed by atoms with Crippen LogP contribution in [0.25, 0.3) is 0 Å². The zero-order chi connectivity index (χ0) is 17.2. The number of methoxy groups -OCH3 is 1. The maximum absolute atomic E-state index is 13.6. The van der Waals surface area contributed by atoms with Crippen LogP contribution in [0.5, 0.6) is 0 Å². The Morgan fingerprint density at radius 1 is 1.09 bits per heavy atom. The van der Waals surface area contributed by atoms with Gasteiger partial charge in [-0.3, -0.25) is 4.72 Å². The molecule has 0 saturated heterocycles. The van der Waals surface area contributed by atoms with Gasteiger partial charge in [0.25, 0.3) is 10.0 Å². The molecule has 0 spiro atoms. The summed E-state index contributed by atoms with van der Waals surface area (Å²) in [6.45, 7) is 0. The highest BCUT2D eigenvalue weighted by Gasteiger charge is 2.21. The van der Waals surface area contributed by atoms with Crippen LogP contribution in [-0.2, 0) is 14.8 Å². The Morgan fingerprint density at radius 3 is 2.43 bits per heavy atom. The van der Waals surface area contributed by atoms with Crippen molar-refractivity contribution in [3.63, 3.8) is 0 Å². The fourth-order valence-corrected chi connectivity index (χ4v) is 2.82. The summed E-state index contributed by atoms with van der Waals surface area (Å²) in [5.41, 5.74) is -0.798. The van der Waals surface area contributed by atoms with Crippen LogP contribution in [0.4, 0.5) is 18.9 Å². The molecule has 0 aliphatic carbocycles. The van der Waals surface area contributed by atoms with Crippen molar-refractivity contribution in [2.75, 3.05) is 11.8 Å². The lowest BCUT2D eigenvalue weighted by Gasteiger charge is -2.10. The normalized spacial score (nSPS) is 11.1. The smallest absolute Gasteiger partial charge is 0.337 e. The van der Waals surface area contributed by atoms with Gasteiger partial charge in [0.2, 0.25) is 0 Å². The fraction of sp³-hybridized carbons (Fsp3) is 0.0714. The molecule has 23 heavy (non-hydrogen) atoms. The van der Waals surface area contributed by atoms with E-state index in [1.165, 1.54) is 12.1 Å². The minimum atomic E-state index is -4.32. The van der Waals surface area contributed by atoms with Crippen molar-refractivity contribution in [3.8, 4) is 0 Å². The van der Waals surface area contributed by atoms with Gasteiger partial charge in [-0.2, -0.15) is 0 Å². The first-order valence-corrected chi connectivity index (χ1v) is 7.59. The zero-order valence-electron chi connectivity index (χ0n) is 11.6. The average molecular weight is 345 g/mol. The van der Waals surface area contributed by atoms with E-state index >= 15 is 0 Å². The molecule has 0 aromatic heterocycles. The van der Waals surface area contributed by atoms with Crippen LogP contribution in [0.1, 0.15) is 10.4 Å². The largest absolute Gasteiger partial charge is 0.465 e. The molecular weight excluding hydrogens is 335 g/mol. The van der Waals surface area contributed by atoms with E-state index in [9.17, 15) is 26.4 Å². The quantitative estimate of drug-likeness (QED) is 0.683. The number of hydrogen-bond acceptors (Lipinski definition) is 4. The monoisotopic (exact) mass is 345 g/mol. The standard InChI is InChI=1S/C14H10F3NO4S/c1-22-14(19)8-3-2-4-9(7-8)23(20,21)18-11-6-5-10(15)12(16)13(11)17/h2-7,18H,1H3. The molecule has 0 radical (unpaired) electrons. The van der Waals surface area contributed by atoms with Crippen molar-refractivity contribution >= 4 is 21.7 Å². The van der Waals surface area contributed by atoms with Crippen LogP contribution in [0, 0.1) is 17.5 Å². The highest BCUT2D eigenvalue weighted by molar-refractivity contribution is 7.92. The number of esters is 1. The number of carbonyl (C=O) groups excluding carboxylic acids is 1. The molecule has 0 atom stereocenters. The molecule has 0 heterocycles. The number of hydrogen-bond donors (Lipinski definition) is 1. The highest BCUT2D eigenvalue weighted by atomic mass is 32.2. The third-order valence-electron chi connectivity index (χ3n) is 2.84. The Morgan fingerprint density at radius 2 is 1.78 bits per heavy atom. The van der Waals surface area contributed by atoms with Crippen LogP contribution >= 0.6 is 0 Å². The van der Waals surface area contributed by atoms with Crippen LogP contribution in [0.3, 0.4) is 0 Å². The molecule has 2 rings (SSSR count). The number of carbonyl (C=O) groups is 1. The van der Waals surface area contributed by atoms with Crippen molar-refractivity contribution in [2.24, 2.45) is 0 Å². The summed E-state index contributed by atoms with van der Waals surface area (Å²) in [7, 11) is -3.19. The predicted octanol–water partition coefficient (Wildman–Crippen LogP) is 2.69. The highest BCUT2D eigenvalue weighted by Crippen LogP contribution is 2.23. The van der Waals surface area contributed by atoms with E-state index in [0.29, 0.717) is 6.07 Å². The summed E-state index contributed by atoms with van der Waals surface area (Å²) < 4.78 is 70.1. The molecule has 2 aromatic carbocycles. The summed E-state index contributed by atoms with van der Waals surface area (Å²) >= 11 is 0. The number of anilines is 1. The van der Waals surface area contributed by atoms with Gasteiger partial charge in [0.05, 0.1) is 23.3 Å². The summed E-state index contributed by atoms with van der Waals surface area (Å²) in [4.78, 5) is 11.0. The molecule has 0 unspecified atom stereocenters. The lowest BCUT2D eigenvalue weighted by molar-refractivity contribution is 0.0600. The van der Waals surface area contributed by atoms with Gasteiger partial charge in [0, 0.05) is 0 Å². The van der Waals surface area contributed by atoms with E-state index in [4.69, 9.17) is 0 Å². The van der Waals surface area contributed by atoms with Gasteiger partial charge in [-0.15, -0.1) is 0 Å². The van der Waals surface area contributed by atoms with Crippen molar-refractivity contribution in [1.82, 2.24) is 0 Å². The summed E-state index contributed by atoms with van der Waals surface area (Å²) in [5.74, 6) is -5.68. The molecule has 9 heteroatoms. The first kappa shape index (κ1) is 16.8. The Balaban J connectivity index is 2.40. The third kappa shape index (κ3) is 3.45. The molecule has 0 fully saturated rings. The Labute approximate surface area is 129 Å². The molecule has 0 amide bonds. The minimum Gasteiger partial charge on any atom is -0.465 e. The summed E-state index contributed by atoms with van der Waals surface area (Å²) in [6.07, 6.45) is 0. The van der Waals surface area contributed by atoms with Gasteiger partial charge in [-0.25, -0.2) is 26.4 Å². The Hall–Kier alpha value is -2.55. The molecule has 2 aromatic rings. The molecule has 0 saturated carbocycles. The van der Waals surface area contributed by atoms with Crippen LogP contribution < -0.4 is 4.72 Å². The lowest BCUT2D eigenvalue weighted by Crippen LogP contribution is -2.15. The molecule has 1 N–H and O–H groups in total. The van der Waals surface area contributed by atoms with E-state index in [1.54, 1.807) is 4.72 Å². The Kier molecular flexibility index (Phi) is 4.60.